The van der Waals surface area contributed by atoms with Crippen molar-refractivity contribution in [3.05, 3.63) is 29.8 Å². The van der Waals surface area contributed by atoms with Crippen LogP contribution >= 0.6 is 0 Å². The van der Waals surface area contributed by atoms with Gasteiger partial charge in [-0.3, -0.25) is 0 Å². The summed E-state index contributed by atoms with van der Waals surface area (Å²) in [5.74, 6) is 0. The van der Waals surface area contributed by atoms with E-state index in [1.807, 2.05) is 12.1 Å². The summed E-state index contributed by atoms with van der Waals surface area (Å²) < 4.78 is 31.2. The fourth-order valence-corrected chi connectivity index (χ4v) is 2.48. The zero-order chi connectivity index (χ0) is 13.4. The SMILES string of the molecule is CNCCNS(=O)(=O)c1ccc(CCOC)cc1. The quantitative estimate of drug-likeness (QED) is 0.671. The minimum Gasteiger partial charge on any atom is -0.384 e. The second kappa shape index (κ2) is 7.48. The maximum atomic E-state index is 11.9. The maximum Gasteiger partial charge on any atom is 0.240 e. The molecule has 0 aliphatic rings. The van der Waals surface area contributed by atoms with Gasteiger partial charge in [-0.25, -0.2) is 13.1 Å². The van der Waals surface area contributed by atoms with E-state index >= 15 is 0 Å². The average Bonchev–Trinajstić information content (AvgIpc) is 2.37. The molecule has 6 heteroatoms. The Hall–Kier alpha value is -0.950. The van der Waals surface area contributed by atoms with Gasteiger partial charge in [-0.15, -0.1) is 0 Å². The number of rotatable bonds is 8. The molecule has 18 heavy (non-hydrogen) atoms. The Bertz CT molecular complexity index is 443. The molecule has 0 saturated heterocycles. The first-order chi connectivity index (χ1) is 8.60. The second-order valence-corrected chi connectivity index (χ2v) is 5.66. The van der Waals surface area contributed by atoms with Gasteiger partial charge in [-0.05, 0) is 31.2 Å². The number of benzene rings is 1. The molecule has 0 saturated carbocycles. The van der Waals surface area contributed by atoms with Crippen molar-refractivity contribution in [2.75, 3.05) is 33.9 Å². The van der Waals surface area contributed by atoms with Crippen LogP contribution in [0.1, 0.15) is 5.56 Å². The standard InChI is InChI=1S/C12H20N2O3S/c1-13-8-9-14-18(15,16)12-5-3-11(4-6-12)7-10-17-2/h3-6,13-14H,7-10H2,1-2H3. The molecule has 0 atom stereocenters. The third kappa shape index (κ3) is 4.73. The van der Waals surface area contributed by atoms with Crippen LogP contribution in [0.2, 0.25) is 0 Å². The van der Waals surface area contributed by atoms with Crippen molar-refractivity contribution in [3.63, 3.8) is 0 Å². The molecule has 0 amide bonds. The first-order valence-corrected chi connectivity index (χ1v) is 7.30. The first-order valence-electron chi connectivity index (χ1n) is 5.82. The van der Waals surface area contributed by atoms with Crippen molar-refractivity contribution in [2.45, 2.75) is 11.3 Å². The summed E-state index contributed by atoms with van der Waals surface area (Å²) in [4.78, 5) is 0.291. The summed E-state index contributed by atoms with van der Waals surface area (Å²) in [6.45, 7) is 1.61. The fourth-order valence-electron chi connectivity index (χ4n) is 1.45. The van der Waals surface area contributed by atoms with Gasteiger partial charge >= 0.3 is 0 Å². The van der Waals surface area contributed by atoms with Gasteiger partial charge < -0.3 is 10.1 Å². The number of ether oxygens (including phenoxy) is 1. The highest BCUT2D eigenvalue weighted by Crippen LogP contribution is 2.10. The molecule has 5 nitrogen and oxygen atoms in total. The van der Waals surface area contributed by atoms with E-state index in [9.17, 15) is 8.42 Å². The fraction of sp³-hybridized carbons (Fsp3) is 0.500. The first kappa shape index (κ1) is 15.1. The molecule has 0 spiro atoms. The Morgan fingerprint density at radius 1 is 1.17 bits per heavy atom. The van der Waals surface area contributed by atoms with Crippen molar-refractivity contribution in [3.8, 4) is 0 Å². The average molecular weight is 272 g/mol. The van der Waals surface area contributed by atoms with Gasteiger partial charge in [0.25, 0.3) is 0 Å². The highest BCUT2D eigenvalue weighted by molar-refractivity contribution is 7.89. The molecule has 0 radical (unpaired) electrons. The van der Waals surface area contributed by atoms with E-state index < -0.39 is 10.0 Å². The molecule has 1 aromatic carbocycles. The smallest absolute Gasteiger partial charge is 0.240 e. The zero-order valence-corrected chi connectivity index (χ0v) is 11.6. The Balaban J connectivity index is 2.65. The van der Waals surface area contributed by atoms with Gasteiger partial charge in [0, 0.05) is 20.2 Å². The van der Waals surface area contributed by atoms with Crippen LogP contribution in [0.25, 0.3) is 0 Å². The predicted molar refractivity (Wildman–Crippen MR) is 71.1 cm³/mol. The Morgan fingerprint density at radius 2 is 1.83 bits per heavy atom. The largest absolute Gasteiger partial charge is 0.384 e. The molecule has 0 bridgehead atoms. The van der Waals surface area contributed by atoms with E-state index in [1.165, 1.54) is 0 Å². The van der Waals surface area contributed by atoms with E-state index in [4.69, 9.17) is 4.74 Å². The zero-order valence-electron chi connectivity index (χ0n) is 10.8. The van der Waals surface area contributed by atoms with E-state index in [-0.39, 0.29) is 0 Å². The molecule has 0 aliphatic carbocycles. The Morgan fingerprint density at radius 3 is 2.39 bits per heavy atom. The van der Waals surface area contributed by atoms with Crippen LogP contribution in [-0.4, -0.2) is 42.3 Å². The van der Waals surface area contributed by atoms with Crippen molar-refractivity contribution in [1.82, 2.24) is 10.0 Å². The van der Waals surface area contributed by atoms with Crippen LogP contribution in [0.5, 0.6) is 0 Å². The summed E-state index contributed by atoms with van der Waals surface area (Å²) >= 11 is 0. The van der Waals surface area contributed by atoms with E-state index in [0.29, 0.717) is 24.6 Å². The lowest BCUT2D eigenvalue weighted by molar-refractivity contribution is 0.202. The summed E-state index contributed by atoms with van der Waals surface area (Å²) in [5, 5.41) is 2.88. The normalized spacial score (nSPS) is 11.7. The highest BCUT2D eigenvalue weighted by Gasteiger charge is 2.12. The number of likely N-dealkylation sites (N-methyl/N-ethyl adjacent to an activating group) is 1. The summed E-state index contributed by atoms with van der Waals surface area (Å²) in [7, 11) is 0.0290. The number of nitrogens with one attached hydrogen (secondary N) is 2. The number of sulfonamides is 1. The minimum atomic E-state index is -3.39. The van der Waals surface area contributed by atoms with Gasteiger partial charge in [0.15, 0.2) is 0 Å². The van der Waals surface area contributed by atoms with E-state index in [1.54, 1.807) is 26.3 Å². The van der Waals surface area contributed by atoms with Gasteiger partial charge in [-0.2, -0.15) is 0 Å². The summed E-state index contributed by atoms with van der Waals surface area (Å²) in [5.41, 5.74) is 1.06. The summed E-state index contributed by atoms with van der Waals surface area (Å²) in [6.07, 6.45) is 0.782. The molecule has 0 heterocycles. The number of hydrogen-bond donors (Lipinski definition) is 2. The monoisotopic (exact) mass is 272 g/mol. The Kier molecular flexibility index (Phi) is 6.28. The third-order valence-electron chi connectivity index (χ3n) is 2.50. The van der Waals surface area contributed by atoms with Gasteiger partial charge in [0.1, 0.15) is 0 Å². The van der Waals surface area contributed by atoms with Crippen LogP contribution in [-0.2, 0) is 21.2 Å². The van der Waals surface area contributed by atoms with Crippen LogP contribution in [0.15, 0.2) is 29.2 Å². The molecule has 0 unspecified atom stereocenters. The lowest BCUT2D eigenvalue weighted by Crippen LogP contribution is -2.30. The lowest BCUT2D eigenvalue weighted by Gasteiger charge is -2.07. The van der Waals surface area contributed by atoms with Gasteiger partial charge in [-0.1, -0.05) is 12.1 Å². The minimum absolute atomic E-state index is 0.291. The van der Waals surface area contributed by atoms with Gasteiger partial charge in [0.2, 0.25) is 10.0 Å². The van der Waals surface area contributed by atoms with Gasteiger partial charge in [0.05, 0.1) is 11.5 Å². The van der Waals surface area contributed by atoms with E-state index in [0.717, 1.165) is 12.0 Å². The van der Waals surface area contributed by atoms with Crippen molar-refractivity contribution < 1.29 is 13.2 Å². The second-order valence-electron chi connectivity index (χ2n) is 3.89. The van der Waals surface area contributed by atoms with Crippen LogP contribution in [0.4, 0.5) is 0 Å². The molecule has 2 N–H and O–H groups in total. The number of methoxy groups -OCH3 is 1. The number of hydrogen-bond acceptors (Lipinski definition) is 4. The van der Waals surface area contributed by atoms with Crippen molar-refractivity contribution in [1.29, 1.82) is 0 Å². The molecule has 1 aromatic rings. The van der Waals surface area contributed by atoms with Crippen LogP contribution in [0, 0.1) is 0 Å². The Labute approximate surface area is 109 Å². The maximum absolute atomic E-state index is 11.9. The van der Waals surface area contributed by atoms with Crippen molar-refractivity contribution in [2.24, 2.45) is 0 Å². The van der Waals surface area contributed by atoms with Crippen molar-refractivity contribution >= 4 is 10.0 Å². The lowest BCUT2D eigenvalue weighted by atomic mass is 10.2. The molecular formula is C12H20N2O3S. The van der Waals surface area contributed by atoms with Crippen LogP contribution in [0.3, 0.4) is 0 Å². The molecule has 102 valence electrons. The van der Waals surface area contributed by atoms with Crippen LogP contribution < -0.4 is 10.0 Å². The third-order valence-corrected chi connectivity index (χ3v) is 3.97. The topological polar surface area (TPSA) is 67.4 Å². The summed E-state index contributed by atoms with van der Waals surface area (Å²) in [6, 6.07) is 6.86. The molecule has 0 aromatic heterocycles. The predicted octanol–water partition coefficient (Wildman–Crippen LogP) is 0.373. The molecule has 1 rings (SSSR count). The van der Waals surface area contributed by atoms with E-state index in [2.05, 4.69) is 10.0 Å². The highest BCUT2D eigenvalue weighted by atomic mass is 32.2. The molecular weight excluding hydrogens is 252 g/mol. The molecule has 0 aliphatic heterocycles. The molecule has 0 fully saturated rings.